The summed E-state index contributed by atoms with van der Waals surface area (Å²) in [7, 11) is 0. The molecule has 4 heterocycles. The molecule has 5 rings (SSSR count). The van der Waals surface area contributed by atoms with Crippen LogP contribution in [0.25, 0.3) is 9.88 Å². The Morgan fingerprint density at radius 1 is 1.44 bits per heavy atom. The van der Waals surface area contributed by atoms with E-state index in [1.807, 2.05) is 24.4 Å². The van der Waals surface area contributed by atoms with Crippen LogP contribution < -0.4 is 0 Å². The van der Waals surface area contributed by atoms with E-state index in [0.717, 1.165) is 22.7 Å². The minimum Gasteiger partial charge on any atom is -0.391 e. The summed E-state index contributed by atoms with van der Waals surface area (Å²) in [5.41, 5.74) is -0.565. The van der Waals surface area contributed by atoms with Gasteiger partial charge in [-0.25, -0.2) is 4.98 Å². The molecule has 0 unspecified atom stereocenters. The Labute approximate surface area is 155 Å². The standard InChI is InChI=1S/C18H22N2O3S2/c1-2-13(21)15-18(23)7-5-11(6-8-18)20(15)17(22)12-10-25-16(19-12)14-4-3-9-24-14/h3-4,9-11,13,15,21,23H,2,5-8H2,1H3/t11?,13-,15-,18?/m0/s1. The molecule has 2 saturated heterocycles. The third-order valence-corrected chi connectivity index (χ3v) is 7.42. The fourth-order valence-corrected chi connectivity index (χ4v) is 5.85. The SMILES string of the molecule is CC[C@H](O)[C@@H]1N(C(=O)c2csc(-c3cccs3)n2)C2CCC1(O)CC2. The maximum Gasteiger partial charge on any atom is 0.274 e. The van der Waals surface area contributed by atoms with Crippen molar-refractivity contribution >= 4 is 28.6 Å². The summed E-state index contributed by atoms with van der Waals surface area (Å²) >= 11 is 3.06. The topological polar surface area (TPSA) is 73.7 Å². The number of hydrogen-bond acceptors (Lipinski definition) is 6. The van der Waals surface area contributed by atoms with E-state index in [1.165, 1.54) is 11.3 Å². The number of thiophene rings is 1. The number of amides is 1. The molecule has 1 saturated carbocycles. The average Bonchev–Trinajstić information content (AvgIpc) is 3.31. The van der Waals surface area contributed by atoms with Crippen molar-refractivity contribution in [2.24, 2.45) is 0 Å². The van der Waals surface area contributed by atoms with Crippen LogP contribution in [0.3, 0.4) is 0 Å². The lowest BCUT2D eigenvalue weighted by Crippen LogP contribution is -2.69. The van der Waals surface area contributed by atoms with Gasteiger partial charge in [0.05, 0.1) is 22.6 Å². The Morgan fingerprint density at radius 3 is 2.84 bits per heavy atom. The number of fused-ring (bicyclic) bond motifs is 3. The van der Waals surface area contributed by atoms with Gasteiger partial charge in [-0.05, 0) is 43.6 Å². The average molecular weight is 379 g/mol. The van der Waals surface area contributed by atoms with Crippen LogP contribution in [0.1, 0.15) is 49.5 Å². The van der Waals surface area contributed by atoms with Crippen LogP contribution in [0.2, 0.25) is 0 Å². The summed E-state index contributed by atoms with van der Waals surface area (Å²) in [5, 5.41) is 26.2. The third kappa shape index (κ3) is 2.83. The summed E-state index contributed by atoms with van der Waals surface area (Å²) in [5.74, 6) is -0.167. The molecular weight excluding hydrogens is 356 g/mol. The zero-order valence-electron chi connectivity index (χ0n) is 14.1. The van der Waals surface area contributed by atoms with Crippen LogP contribution in [0.5, 0.6) is 0 Å². The van der Waals surface area contributed by atoms with E-state index in [-0.39, 0.29) is 11.9 Å². The van der Waals surface area contributed by atoms with Crippen molar-refractivity contribution in [2.45, 2.75) is 62.8 Å². The first kappa shape index (κ1) is 17.1. The van der Waals surface area contributed by atoms with Crippen LogP contribution in [-0.4, -0.2) is 49.8 Å². The molecule has 3 aliphatic rings. The van der Waals surface area contributed by atoms with Gasteiger partial charge in [0.1, 0.15) is 10.7 Å². The highest BCUT2D eigenvalue weighted by atomic mass is 32.1. The summed E-state index contributed by atoms with van der Waals surface area (Å²) in [6.07, 6.45) is 2.68. The lowest BCUT2D eigenvalue weighted by molar-refractivity contribution is -0.160. The molecule has 0 radical (unpaired) electrons. The van der Waals surface area contributed by atoms with E-state index >= 15 is 0 Å². The van der Waals surface area contributed by atoms with E-state index in [9.17, 15) is 15.0 Å². The molecule has 1 aliphatic carbocycles. The maximum atomic E-state index is 13.2. The highest BCUT2D eigenvalue weighted by Crippen LogP contribution is 2.45. The van der Waals surface area contributed by atoms with Crippen molar-refractivity contribution in [2.75, 3.05) is 0 Å². The molecule has 0 spiro atoms. The number of aromatic nitrogens is 1. The fourth-order valence-electron chi connectivity index (χ4n) is 4.24. The second-order valence-electron chi connectivity index (χ2n) is 6.98. The van der Waals surface area contributed by atoms with Gasteiger partial charge in [0, 0.05) is 11.4 Å². The normalized spacial score (nSPS) is 29.8. The van der Waals surface area contributed by atoms with Crippen molar-refractivity contribution in [3.63, 3.8) is 0 Å². The van der Waals surface area contributed by atoms with Gasteiger partial charge in [0.2, 0.25) is 0 Å². The Kier molecular flexibility index (Phi) is 4.43. The molecule has 1 amide bonds. The van der Waals surface area contributed by atoms with Crippen molar-refractivity contribution in [3.05, 3.63) is 28.6 Å². The molecule has 2 aliphatic heterocycles. The maximum absolute atomic E-state index is 13.2. The predicted molar refractivity (Wildman–Crippen MR) is 98.9 cm³/mol. The summed E-state index contributed by atoms with van der Waals surface area (Å²) in [6, 6.07) is 3.51. The van der Waals surface area contributed by atoms with Crippen LogP contribution in [0.4, 0.5) is 0 Å². The molecule has 2 aromatic heterocycles. The predicted octanol–water partition coefficient (Wildman–Crippen LogP) is 3.14. The number of carbonyl (C=O) groups excluding carboxylic acids is 1. The lowest BCUT2D eigenvalue weighted by Gasteiger charge is -2.57. The lowest BCUT2D eigenvalue weighted by atomic mass is 9.69. The summed E-state index contributed by atoms with van der Waals surface area (Å²) in [4.78, 5) is 20.5. The second-order valence-corrected chi connectivity index (χ2v) is 8.79. The van der Waals surface area contributed by atoms with Crippen LogP contribution in [0.15, 0.2) is 22.9 Å². The molecule has 134 valence electrons. The fraction of sp³-hybridized carbons (Fsp3) is 0.556. The van der Waals surface area contributed by atoms with Gasteiger partial charge >= 0.3 is 0 Å². The smallest absolute Gasteiger partial charge is 0.274 e. The molecule has 0 aromatic carbocycles. The molecule has 2 N–H and O–H groups in total. The van der Waals surface area contributed by atoms with Gasteiger partial charge in [-0.15, -0.1) is 22.7 Å². The Hall–Kier alpha value is -1.28. The number of rotatable bonds is 4. The first-order chi connectivity index (χ1) is 12.0. The zero-order chi connectivity index (χ0) is 17.6. The van der Waals surface area contributed by atoms with Gasteiger partial charge in [-0.1, -0.05) is 13.0 Å². The van der Waals surface area contributed by atoms with Crippen LogP contribution in [-0.2, 0) is 0 Å². The monoisotopic (exact) mass is 378 g/mol. The number of nitrogens with zero attached hydrogens (tertiary/aromatic N) is 2. The molecule has 25 heavy (non-hydrogen) atoms. The van der Waals surface area contributed by atoms with Gasteiger partial charge in [0.25, 0.3) is 5.91 Å². The molecule has 5 nitrogen and oxygen atoms in total. The molecule has 7 heteroatoms. The van der Waals surface area contributed by atoms with Gasteiger partial charge in [-0.2, -0.15) is 0 Å². The number of aliphatic hydroxyl groups excluding tert-OH is 1. The van der Waals surface area contributed by atoms with E-state index in [0.29, 0.717) is 25.0 Å². The Balaban J connectivity index is 1.66. The number of thiazole rings is 1. The molecule has 2 aromatic rings. The Bertz CT molecular complexity index is 750. The minimum atomic E-state index is -0.980. The molecule has 2 bridgehead atoms. The number of aliphatic hydroxyl groups is 2. The van der Waals surface area contributed by atoms with Gasteiger partial charge in [-0.3, -0.25) is 4.79 Å². The summed E-state index contributed by atoms with van der Waals surface area (Å²) < 4.78 is 0. The largest absolute Gasteiger partial charge is 0.391 e. The minimum absolute atomic E-state index is 0.0830. The van der Waals surface area contributed by atoms with Crippen molar-refractivity contribution in [1.82, 2.24) is 9.88 Å². The van der Waals surface area contributed by atoms with Crippen LogP contribution in [0, 0.1) is 0 Å². The van der Waals surface area contributed by atoms with E-state index < -0.39 is 17.7 Å². The first-order valence-electron chi connectivity index (χ1n) is 8.76. The Morgan fingerprint density at radius 2 is 2.20 bits per heavy atom. The zero-order valence-corrected chi connectivity index (χ0v) is 15.7. The van der Waals surface area contributed by atoms with Crippen molar-refractivity contribution < 1.29 is 15.0 Å². The molecular formula is C18H22N2O3S2. The quantitative estimate of drug-likeness (QED) is 0.857. The molecule has 3 fully saturated rings. The second kappa shape index (κ2) is 6.46. The van der Waals surface area contributed by atoms with E-state index in [2.05, 4.69) is 4.98 Å². The number of hydrogen-bond donors (Lipinski definition) is 2. The van der Waals surface area contributed by atoms with Crippen molar-refractivity contribution in [3.8, 4) is 9.88 Å². The van der Waals surface area contributed by atoms with Gasteiger partial charge in [0.15, 0.2) is 0 Å². The molecule has 2 atom stereocenters. The van der Waals surface area contributed by atoms with Gasteiger partial charge < -0.3 is 15.1 Å². The highest BCUT2D eigenvalue weighted by Gasteiger charge is 2.55. The van der Waals surface area contributed by atoms with Crippen molar-refractivity contribution in [1.29, 1.82) is 0 Å². The highest BCUT2D eigenvalue weighted by molar-refractivity contribution is 7.20. The van der Waals surface area contributed by atoms with E-state index in [1.54, 1.807) is 21.6 Å². The summed E-state index contributed by atoms with van der Waals surface area (Å²) in [6.45, 7) is 1.89. The number of carbonyl (C=O) groups is 1. The first-order valence-corrected chi connectivity index (χ1v) is 10.5. The van der Waals surface area contributed by atoms with E-state index in [4.69, 9.17) is 0 Å². The number of piperidine rings is 2. The third-order valence-electron chi connectivity index (χ3n) is 5.54. The van der Waals surface area contributed by atoms with Crippen LogP contribution >= 0.6 is 22.7 Å².